The largest absolute Gasteiger partial charge is 0.324 e. The van der Waals surface area contributed by atoms with Gasteiger partial charge in [0.2, 0.25) is 5.91 Å². The zero-order valence-electron chi connectivity index (χ0n) is 16.8. The molecule has 1 aliphatic rings. The van der Waals surface area contributed by atoms with Crippen LogP contribution in [-0.2, 0) is 17.6 Å². The normalized spacial score (nSPS) is 15.6. The van der Waals surface area contributed by atoms with Gasteiger partial charge in [0.1, 0.15) is 0 Å². The van der Waals surface area contributed by atoms with Gasteiger partial charge < -0.3 is 5.32 Å². The first-order valence-electron chi connectivity index (χ1n) is 9.69. The summed E-state index contributed by atoms with van der Waals surface area (Å²) in [7, 11) is 0. The summed E-state index contributed by atoms with van der Waals surface area (Å²) >= 11 is 0. The molecule has 0 spiro atoms. The van der Waals surface area contributed by atoms with Crippen LogP contribution in [0.1, 0.15) is 47.1 Å². The van der Waals surface area contributed by atoms with Crippen molar-refractivity contribution in [1.82, 2.24) is 19.7 Å². The number of rotatable bonds is 3. The van der Waals surface area contributed by atoms with Crippen LogP contribution < -0.4 is 10.9 Å². The van der Waals surface area contributed by atoms with Gasteiger partial charge in [-0.25, -0.2) is 9.97 Å². The molecule has 0 bridgehead atoms. The smallest absolute Gasteiger partial charge is 0.277 e. The quantitative estimate of drug-likeness (QED) is 0.744. The van der Waals surface area contributed by atoms with Crippen LogP contribution in [0.15, 0.2) is 41.6 Å². The molecule has 0 saturated carbocycles. The maximum absolute atomic E-state index is 13.0. The van der Waals surface area contributed by atoms with E-state index in [0.717, 1.165) is 24.0 Å². The van der Waals surface area contributed by atoms with Crippen LogP contribution in [0.2, 0.25) is 0 Å². The Morgan fingerprint density at radius 2 is 1.93 bits per heavy atom. The van der Waals surface area contributed by atoms with Gasteiger partial charge in [-0.05, 0) is 55.7 Å². The Balaban J connectivity index is 1.61. The van der Waals surface area contributed by atoms with Gasteiger partial charge in [-0.2, -0.15) is 9.78 Å². The van der Waals surface area contributed by atoms with Crippen LogP contribution in [-0.4, -0.2) is 25.7 Å². The fourth-order valence-electron chi connectivity index (χ4n) is 4.04. The molecule has 2 heterocycles. The highest BCUT2D eigenvalue weighted by Gasteiger charge is 2.25. The van der Waals surface area contributed by atoms with E-state index in [1.54, 1.807) is 6.20 Å². The first kappa shape index (κ1) is 19.0. The first-order chi connectivity index (χ1) is 13.9. The van der Waals surface area contributed by atoms with E-state index < -0.39 is 0 Å². The van der Waals surface area contributed by atoms with Crippen molar-refractivity contribution in [3.8, 4) is 5.95 Å². The summed E-state index contributed by atoms with van der Waals surface area (Å²) < 4.78 is 1.23. The van der Waals surface area contributed by atoms with Gasteiger partial charge in [-0.15, -0.1) is 0 Å². The number of fused-ring (bicyclic) bond motifs is 1. The lowest BCUT2D eigenvalue weighted by molar-refractivity contribution is -0.114. The Morgan fingerprint density at radius 1 is 1.17 bits per heavy atom. The summed E-state index contributed by atoms with van der Waals surface area (Å²) in [4.78, 5) is 32.4. The van der Waals surface area contributed by atoms with Crippen LogP contribution in [0.4, 0.5) is 5.69 Å². The summed E-state index contributed by atoms with van der Waals surface area (Å²) in [5.74, 6) is 0.389. The van der Waals surface area contributed by atoms with E-state index in [1.807, 2.05) is 0 Å². The maximum atomic E-state index is 13.0. The molecular formula is C22H23N5O2. The van der Waals surface area contributed by atoms with Crippen LogP contribution in [0.3, 0.4) is 0 Å². The van der Waals surface area contributed by atoms with E-state index >= 15 is 0 Å². The minimum atomic E-state index is -0.205. The molecule has 0 saturated heterocycles. The Kier molecular flexibility index (Phi) is 4.96. The highest BCUT2D eigenvalue weighted by molar-refractivity contribution is 5.88. The van der Waals surface area contributed by atoms with Crippen molar-refractivity contribution in [3.63, 3.8) is 0 Å². The molecule has 1 aliphatic carbocycles. The zero-order valence-corrected chi connectivity index (χ0v) is 16.8. The minimum absolute atomic E-state index is 0.172. The van der Waals surface area contributed by atoms with Gasteiger partial charge in [0, 0.05) is 12.5 Å². The van der Waals surface area contributed by atoms with E-state index in [2.05, 4.69) is 52.4 Å². The highest BCUT2D eigenvalue weighted by Crippen LogP contribution is 2.33. The van der Waals surface area contributed by atoms with Crippen molar-refractivity contribution in [1.29, 1.82) is 0 Å². The Labute approximate surface area is 168 Å². The molecule has 0 radical (unpaired) electrons. The minimum Gasteiger partial charge on any atom is -0.324 e. The fourth-order valence-corrected chi connectivity index (χ4v) is 4.04. The topological polar surface area (TPSA) is 89.8 Å². The Morgan fingerprint density at radius 3 is 2.62 bits per heavy atom. The Bertz CT molecular complexity index is 1130. The van der Waals surface area contributed by atoms with Crippen molar-refractivity contribution in [3.05, 3.63) is 75.0 Å². The number of aromatic nitrogens is 4. The molecule has 0 fully saturated rings. The zero-order chi connectivity index (χ0) is 20.5. The fraction of sp³-hybridized carbons (Fsp3) is 0.318. The molecule has 1 aromatic carbocycles. The summed E-state index contributed by atoms with van der Waals surface area (Å²) in [5, 5.41) is 6.91. The third kappa shape index (κ3) is 3.81. The molecule has 1 atom stereocenters. The molecular weight excluding hydrogens is 366 g/mol. The van der Waals surface area contributed by atoms with Crippen molar-refractivity contribution < 1.29 is 4.79 Å². The number of carbonyl (C=O) groups excluding carboxylic acids is 1. The summed E-state index contributed by atoms with van der Waals surface area (Å²) in [6.07, 6.45) is 7.14. The molecule has 4 rings (SSSR count). The predicted molar refractivity (Wildman–Crippen MR) is 110 cm³/mol. The summed E-state index contributed by atoms with van der Waals surface area (Å²) in [5.41, 5.74) is 6.00. The van der Waals surface area contributed by atoms with Crippen LogP contribution in [0.5, 0.6) is 0 Å². The molecule has 7 nitrogen and oxygen atoms in total. The van der Waals surface area contributed by atoms with E-state index in [9.17, 15) is 9.59 Å². The maximum Gasteiger partial charge on any atom is 0.277 e. The molecule has 0 unspecified atom stereocenters. The van der Waals surface area contributed by atoms with E-state index in [4.69, 9.17) is 0 Å². The second-order valence-electron chi connectivity index (χ2n) is 7.62. The molecule has 3 aromatic rings. The number of anilines is 1. The predicted octanol–water partition coefficient (Wildman–Crippen LogP) is 2.87. The molecule has 148 valence electrons. The lowest BCUT2D eigenvalue weighted by Crippen LogP contribution is -2.30. The van der Waals surface area contributed by atoms with E-state index in [-0.39, 0.29) is 17.4 Å². The van der Waals surface area contributed by atoms with Crippen molar-refractivity contribution in [2.45, 2.75) is 46.0 Å². The lowest BCUT2D eigenvalue weighted by atomic mass is 9.79. The number of amides is 1. The van der Waals surface area contributed by atoms with Gasteiger partial charge in [-0.3, -0.25) is 9.59 Å². The molecule has 2 aromatic heterocycles. The molecule has 29 heavy (non-hydrogen) atoms. The highest BCUT2D eigenvalue weighted by atomic mass is 16.1. The third-order valence-electron chi connectivity index (χ3n) is 5.39. The number of aryl methyl sites for hydroxylation is 2. The van der Waals surface area contributed by atoms with Gasteiger partial charge in [0.25, 0.3) is 11.5 Å². The lowest BCUT2D eigenvalue weighted by Gasteiger charge is -2.26. The van der Waals surface area contributed by atoms with Crippen LogP contribution in [0.25, 0.3) is 5.95 Å². The summed E-state index contributed by atoms with van der Waals surface area (Å²) in [6, 6.07) is 6.57. The first-order valence-corrected chi connectivity index (χ1v) is 9.69. The molecule has 1 N–H and O–H groups in total. The van der Waals surface area contributed by atoms with E-state index in [1.165, 1.54) is 40.7 Å². The number of nitrogens with one attached hydrogen (secondary N) is 1. The SMILES string of the molecule is CC(=O)Nc1cnc(-n2ncc3c(c2=O)CC[C@@H](c2ccc(C)cc2C)C3)nc1. The number of hydrogen-bond donors (Lipinski definition) is 1. The monoisotopic (exact) mass is 389 g/mol. The standard InChI is InChI=1S/C22H23N5O2/c1-13-4-6-19(14(2)8-13)16-5-7-20-17(9-16)10-25-27(21(20)29)22-23-11-18(12-24-22)26-15(3)28/h4,6,8,10-12,16H,5,7,9H2,1-3H3,(H,26,28)/t16-/m1/s1. The number of carbonyl (C=O) groups is 1. The van der Waals surface area contributed by atoms with Crippen molar-refractivity contribution in [2.24, 2.45) is 0 Å². The van der Waals surface area contributed by atoms with Gasteiger partial charge in [0.15, 0.2) is 0 Å². The third-order valence-corrected chi connectivity index (χ3v) is 5.39. The van der Waals surface area contributed by atoms with Gasteiger partial charge in [-0.1, -0.05) is 23.8 Å². The van der Waals surface area contributed by atoms with Crippen molar-refractivity contribution >= 4 is 11.6 Å². The van der Waals surface area contributed by atoms with Crippen molar-refractivity contribution in [2.75, 3.05) is 5.32 Å². The van der Waals surface area contributed by atoms with Gasteiger partial charge in [0.05, 0.1) is 24.3 Å². The number of nitrogens with zero attached hydrogens (tertiary/aromatic N) is 4. The molecule has 1 amide bonds. The average molecular weight is 389 g/mol. The number of benzene rings is 1. The van der Waals surface area contributed by atoms with Gasteiger partial charge >= 0.3 is 0 Å². The van der Waals surface area contributed by atoms with Crippen LogP contribution in [0, 0.1) is 13.8 Å². The summed E-state index contributed by atoms with van der Waals surface area (Å²) in [6.45, 7) is 5.66. The number of hydrogen-bond acceptors (Lipinski definition) is 5. The molecule has 7 heteroatoms. The van der Waals surface area contributed by atoms with Crippen LogP contribution >= 0.6 is 0 Å². The average Bonchev–Trinajstić information content (AvgIpc) is 2.68. The van der Waals surface area contributed by atoms with E-state index in [0.29, 0.717) is 18.0 Å². The molecule has 0 aliphatic heterocycles. The Hall–Kier alpha value is -3.35. The second kappa shape index (κ2) is 7.58. The second-order valence-corrected chi connectivity index (χ2v) is 7.62.